The van der Waals surface area contributed by atoms with Gasteiger partial charge in [-0.3, -0.25) is 9.48 Å². The van der Waals surface area contributed by atoms with E-state index < -0.39 is 28.0 Å². The van der Waals surface area contributed by atoms with Gasteiger partial charge in [-0.25, -0.2) is 8.42 Å². The highest BCUT2D eigenvalue weighted by Gasteiger charge is 2.28. The second-order valence-electron chi connectivity index (χ2n) is 8.14. The van der Waals surface area contributed by atoms with Gasteiger partial charge in [0.15, 0.2) is 0 Å². The smallest absolute Gasteiger partial charge is 0.322 e. The van der Waals surface area contributed by atoms with Crippen LogP contribution in [0.4, 0.5) is 0 Å². The third kappa shape index (κ3) is 4.13. The van der Waals surface area contributed by atoms with Crippen LogP contribution in [0.5, 0.6) is 0 Å². The average Bonchev–Trinajstić information content (AvgIpc) is 3.35. The standard InChI is InChI=1S/C23H25N3O5S/c1-4-9-26-13-16(12-24-26)15-5-8-20-19(10-15)18-7-6-17(11-21(18)31-20)32(29,30)25-22(14(2)3)23(27)28/h5-8,10-14,22,25H,4,9H2,1-3H3,(H,27,28)/t22-/m0/s1. The number of hydrogen-bond donors (Lipinski definition) is 2. The van der Waals surface area contributed by atoms with Gasteiger partial charge in [0.25, 0.3) is 0 Å². The molecule has 0 aliphatic carbocycles. The molecule has 2 heterocycles. The van der Waals surface area contributed by atoms with E-state index in [1.54, 1.807) is 19.9 Å². The lowest BCUT2D eigenvalue weighted by molar-refractivity contribution is -0.140. The number of carboxylic acids is 1. The Labute approximate surface area is 185 Å². The molecule has 4 aromatic rings. The summed E-state index contributed by atoms with van der Waals surface area (Å²) in [6.45, 7) is 6.24. The molecule has 2 aromatic heterocycles. The van der Waals surface area contributed by atoms with Crippen molar-refractivity contribution in [3.63, 3.8) is 0 Å². The number of aliphatic carboxylic acids is 1. The van der Waals surface area contributed by atoms with Crippen LogP contribution < -0.4 is 4.72 Å². The van der Waals surface area contributed by atoms with Crippen molar-refractivity contribution in [1.29, 1.82) is 0 Å². The lowest BCUT2D eigenvalue weighted by atomic mass is 10.1. The molecule has 2 N–H and O–H groups in total. The van der Waals surface area contributed by atoms with E-state index in [1.165, 1.54) is 12.1 Å². The number of hydrogen-bond acceptors (Lipinski definition) is 5. The Morgan fingerprint density at radius 2 is 1.91 bits per heavy atom. The first-order valence-corrected chi connectivity index (χ1v) is 11.9. The van der Waals surface area contributed by atoms with E-state index in [1.807, 2.05) is 35.3 Å². The molecule has 1 atom stereocenters. The molecule has 0 fully saturated rings. The number of furan rings is 1. The van der Waals surface area contributed by atoms with Gasteiger partial charge >= 0.3 is 5.97 Å². The molecule has 32 heavy (non-hydrogen) atoms. The monoisotopic (exact) mass is 455 g/mol. The molecule has 0 aliphatic heterocycles. The molecule has 0 bridgehead atoms. The molecule has 8 nitrogen and oxygen atoms in total. The Kier molecular flexibility index (Phi) is 5.79. The highest BCUT2D eigenvalue weighted by Crippen LogP contribution is 2.33. The SMILES string of the molecule is CCCn1cc(-c2ccc3oc4cc(S(=O)(=O)N[C@H](C(=O)O)C(C)C)ccc4c3c2)cn1. The summed E-state index contributed by atoms with van der Waals surface area (Å²) in [4.78, 5) is 11.4. The number of carboxylic acid groups (broad SMARTS) is 1. The summed E-state index contributed by atoms with van der Waals surface area (Å²) in [6.07, 6.45) is 4.82. The number of rotatable bonds is 8. The predicted octanol–water partition coefficient (Wildman–Crippen LogP) is 4.25. The van der Waals surface area contributed by atoms with Crippen LogP contribution in [-0.4, -0.2) is 35.3 Å². The minimum Gasteiger partial charge on any atom is -0.480 e. The lowest BCUT2D eigenvalue weighted by Gasteiger charge is -2.17. The van der Waals surface area contributed by atoms with Gasteiger partial charge in [-0.2, -0.15) is 9.82 Å². The highest BCUT2D eigenvalue weighted by molar-refractivity contribution is 7.89. The van der Waals surface area contributed by atoms with Gasteiger partial charge in [-0.15, -0.1) is 0 Å². The van der Waals surface area contributed by atoms with Gasteiger partial charge in [0.2, 0.25) is 10.0 Å². The number of benzene rings is 2. The summed E-state index contributed by atoms with van der Waals surface area (Å²) < 4.78 is 35.6. The lowest BCUT2D eigenvalue weighted by Crippen LogP contribution is -2.44. The number of sulfonamides is 1. The normalized spacial score (nSPS) is 13.2. The van der Waals surface area contributed by atoms with Crippen LogP contribution >= 0.6 is 0 Å². The first kappa shape index (κ1) is 22.0. The number of aromatic nitrogens is 2. The molecule has 0 spiro atoms. The van der Waals surface area contributed by atoms with Crippen LogP contribution in [0.25, 0.3) is 33.1 Å². The van der Waals surface area contributed by atoms with E-state index in [-0.39, 0.29) is 4.90 Å². The Morgan fingerprint density at radius 1 is 1.12 bits per heavy atom. The molecular weight excluding hydrogens is 430 g/mol. The van der Waals surface area contributed by atoms with Crippen molar-refractivity contribution >= 4 is 37.9 Å². The van der Waals surface area contributed by atoms with E-state index in [4.69, 9.17) is 4.42 Å². The molecule has 9 heteroatoms. The molecule has 4 rings (SSSR count). The first-order valence-electron chi connectivity index (χ1n) is 10.4. The van der Waals surface area contributed by atoms with Gasteiger partial charge in [-0.05, 0) is 42.2 Å². The third-order valence-electron chi connectivity index (χ3n) is 5.39. The molecule has 0 amide bonds. The van der Waals surface area contributed by atoms with Crippen LogP contribution in [-0.2, 0) is 21.4 Å². The van der Waals surface area contributed by atoms with Crippen molar-refractivity contribution < 1.29 is 22.7 Å². The Bertz CT molecular complexity index is 1400. The Balaban J connectivity index is 1.72. The van der Waals surface area contributed by atoms with Crippen LogP contribution in [0, 0.1) is 5.92 Å². The van der Waals surface area contributed by atoms with Gasteiger partial charge < -0.3 is 9.52 Å². The van der Waals surface area contributed by atoms with Crippen LogP contribution in [0.1, 0.15) is 27.2 Å². The zero-order chi connectivity index (χ0) is 23.0. The fourth-order valence-electron chi connectivity index (χ4n) is 3.68. The third-order valence-corrected chi connectivity index (χ3v) is 6.83. The second kappa shape index (κ2) is 8.40. The van der Waals surface area contributed by atoms with E-state index in [0.717, 1.165) is 34.9 Å². The van der Waals surface area contributed by atoms with Gasteiger partial charge in [0.05, 0.1) is 11.1 Å². The molecular formula is C23H25N3O5S. The maximum absolute atomic E-state index is 12.8. The maximum atomic E-state index is 12.8. The van der Waals surface area contributed by atoms with Crippen molar-refractivity contribution in [2.45, 2.75) is 44.7 Å². The Morgan fingerprint density at radius 3 is 2.59 bits per heavy atom. The number of fused-ring (bicyclic) bond motifs is 3. The van der Waals surface area contributed by atoms with E-state index in [9.17, 15) is 18.3 Å². The topological polar surface area (TPSA) is 114 Å². The zero-order valence-electron chi connectivity index (χ0n) is 18.1. The van der Waals surface area contributed by atoms with Crippen LogP contribution in [0.15, 0.2) is 58.1 Å². The summed E-state index contributed by atoms with van der Waals surface area (Å²) >= 11 is 0. The number of carbonyl (C=O) groups is 1. The van der Waals surface area contributed by atoms with Gasteiger partial charge in [0.1, 0.15) is 17.2 Å². The molecule has 0 unspecified atom stereocenters. The largest absolute Gasteiger partial charge is 0.480 e. The second-order valence-corrected chi connectivity index (χ2v) is 9.86. The minimum atomic E-state index is -4.03. The molecule has 0 radical (unpaired) electrons. The minimum absolute atomic E-state index is 0.0444. The fourth-order valence-corrected chi connectivity index (χ4v) is 5.03. The Hall–Kier alpha value is -3.17. The van der Waals surface area contributed by atoms with E-state index in [2.05, 4.69) is 16.7 Å². The summed E-state index contributed by atoms with van der Waals surface area (Å²) in [7, 11) is -4.03. The molecule has 2 aromatic carbocycles. The predicted molar refractivity (Wildman–Crippen MR) is 122 cm³/mol. The van der Waals surface area contributed by atoms with Crippen molar-refractivity contribution in [2.75, 3.05) is 0 Å². The van der Waals surface area contributed by atoms with E-state index >= 15 is 0 Å². The molecule has 0 saturated carbocycles. The van der Waals surface area contributed by atoms with E-state index in [0.29, 0.717) is 11.2 Å². The first-order chi connectivity index (χ1) is 15.2. The fraction of sp³-hybridized carbons (Fsp3) is 0.304. The number of nitrogens with zero attached hydrogens (tertiary/aromatic N) is 2. The maximum Gasteiger partial charge on any atom is 0.322 e. The van der Waals surface area contributed by atoms with Crippen molar-refractivity contribution in [3.8, 4) is 11.1 Å². The molecule has 0 saturated heterocycles. The highest BCUT2D eigenvalue weighted by atomic mass is 32.2. The van der Waals surface area contributed by atoms with Crippen LogP contribution in [0.3, 0.4) is 0 Å². The van der Waals surface area contributed by atoms with Gasteiger partial charge in [0, 0.05) is 35.1 Å². The van der Waals surface area contributed by atoms with Gasteiger partial charge in [-0.1, -0.05) is 26.8 Å². The number of aryl methyl sites for hydroxylation is 1. The summed E-state index contributed by atoms with van der Waals surface area (Å²) in [6, 6.07) is 9.15. The van der Waals surface area contributed by atoms with Crippen molar-refractivity contribution in [3.05, 3.63) is 48.8 Å². The summed E-state index contributed by atoms with van der Waals surface area (Å²) in [5.41, 5.74) is 3.03. The summed E-state index contributed by atoms with van der Waals surface area (Å²) in [5, 5.41) is 15.3. The number of nitrogens with one attached hydrogen (secondary N) is 1. The average molecular weight is 456 g/mol. The van der Waals surface area contributed by atoms with Crippen molar-refractivity contribution in [1.82, 2.24) is 14.5 Å². The quantitative estimate of drug-likeness (QED) is 0.411. The molecule has 168 valence electrons. The zero-order valence-corrected chi connectivity index (χ0v) is 18.9. The molecule has 0 aliphatic rings. The van der Waals surface area contributed by atoms with Crippen LogP contribution in [0.2, 0.25) is 0 Å². The summed E-state index contributed by atoms with van der Waals surface area (Å²) in [5.74, 6) is -1.62. The van der Waals surface area contributed by atoms with Crippen molar-refractivity contribution in [2.24, 2.45) is 5.92 Å².